The van der Waals surface area contributed by atoms with Gasteiger partial charge in [-0.05, 0) is 55.9 Å². The summed E-state index contributed by atoms with van der Waals surface area (Å²) in [6.45, 7) is 2.29. The smallest absolute Gasteiger partial charge is 0.110 e. The molecule has 0 aromatic heterocycles. The largest absolute Gasteiger partial charge is 0.416 e. The van der Waals surface area contributed by atoms with Gasteiger partial charge in [-0.15, -0.1) is 0 Å². The molecule has 0 spiro atoms. The molecule has 1 saturated heterocycles. The fraction of sp³-hybridized carbons (Fsp3) is 0.895. The molecule has 22 heavy (non-hydrogen) atoms. The van der Waals surface area contributed by atoms with E-state index in [0.29, 0.717) is 18.0 Å². The molecule has 2 saturated carbocycles. The van der Waals surface area contributed by atoms with Crippen molar-refractivity contribution >= 4 is 0 Å². The van der Waals surface area contributed by atoms with Crippen LogP contribution in [0, 0.1) is 17.8 Å². The van der Waals surface area contributed by atoms with Crippen molar-refractivity contribution < 1.29 is 4.84 Å². The van der Waals surface area contributed by atoms with Gasteiger partial charge in [0.1, 0.15) is 6.26 Å². The summed E-state index contributed by atoms with van der Waals surface area (Å²) >= 11 is 0. The van der Waals surface area contributed by atoms with E-state index in [9.17, 15) is 0 Å². The molecule has 6 atom stereocenters. The Labute approximate surface area is 135 Å². The minimum absolute atomic E-state index is 0.538. The number of hydrogen-bond acceptors (Lipinski definition) is 3. The van der Waals surface area contributed by atoms with E-state index in [1.54, 1.807) is 5.57 Å². The maximum atomic E-state index is 5.61. The fourth-order valence-electron chi connectivity index (χ4n) is 5.78. The lowest BCUT2D eigenvalue weighted by Gasteiger charge is -2.44. The van der Waals surface area contributed by atoms with Crippen LogP contribution in [0.1, 0.15) is 71.1 Å². The zero-order chi connectivity index (χ0) is 14.9. The molecular formula is C19H32N2O. The first-order valence-electron chi connectivity index (χ1n) is 9.74. The zero-order valence-electron chi connectivity index (χ0n) is 14.0. The predicted octanol–water partition coefficient (Wildman–Crippen LogP) is 3.91. The van der Waals surface area contributed by atoms with Crippen LogP contribution >= 0.6 is 0 Å². The molecule has 3 nitrogen and oxygen atoms in total. The summed E-state index contributed by atoms with van der Waals surface area (Å²) in [6.07, 6.45) is 15.7. The van der Waals surface area contributed by atoms with E-state index in [2.05, 4.69) is 17.7 Å². The Morgan fingerprint density at radius 1 is 1.05 bits per heavy atom. The Kier molecular flexibility index (Phi) is 4.45. The molecular weight excluding hydrogens is 272 g/mol. The lowest BCUT2D eigenvalue weighted by atomic mass is 9.66. The van der Waals surface area contributed by atoms with Crippen LogP contribution in [0.25, 0.3) is 0 Å². The van der Waals surface area contributed by atoms with Gasteiger partial charge in [-0.2, -0.15) is 5.48 Å². The lowest BCUT2D eigenvalue weighted by molar-refractivity contribution is 0.0180. The molecule has 6 unspecified atom stereocenters. The molecule has 0 amide bonds. The van der Waals surface area contributed by atoms with E-state index in [1.165, 1.54) is 64.2 Å². The van der Waals surface area contributed by atoms with Gasteiger partial charge in [0.05, 0.1) is 6.04 Å². The summed E-state index contributed by atoms with van der Waals surface area (Å²) in [4.78, 5) is 5.61. The van der Waals surface area contributed by atoms with Gasteiger partial charge >= 0.3 is 0 Å². The van der Waals surface area contributed by atoms with Gasteiger partial charge in [0, 0.05) is 18.0 Å². The number of rotatable bonds is 4. The first kappa shape index (κ1) is 15.0. The van der Waals surface area contributed by atoms with Gasteiger partial charge in [0.25, 0.3) is 0 Å². The van der Waals surface area contributed by atoms with Crippen molar-refractivity contribution in [2.24, 2.45) is 17.8 Å². The highest BCUT2D eigenvalue weighted by Gasteiger charge is 2.52. The third kappa shape index (κ3) is 2.60. The Hall–Kier alpha value is -0.540. The number of hydrogen-bond donors (Lipinski definition) is 2. The summed E-state index contributed by atoms with van der Waals surface area (Å²) in [7, 11) is 0. The van der Waals surface area contributed by atoms with E-state index in [0.717, 1.165) is 17.9 Å². The number of hydroxylamine groups is 1. The Balaban J connectivity index is 1.51. The van der Waals surface area contributed by atoms with Crippen LogP contribution in [0.4, 0.5) is 0 Å². The van der Waals surface area contributed by atoms with E-state index in [-0.39, 0.29) is 0 Å². The molecule has 124 valence electrons. The van der Waals surface area contributed by atoms with Crippen LogP contribution in [0.15, 0.2) is 11.8 Å². The summed E-state index contributed by atoms with van der Waals surface area (Å²) in [5, 5.41) is 4.08. The monoisotopic (exact) mass is 304 g/mol. The van der Waals surface area contributed by atoms with Gasteiger partial charge < -0.3 is 10.2 Å². The van der Waals surface area contributed by atoms with Crippen molar-refractivity contribution in [1.29, 1.82) is 0 Å². The van der Waals surface area contributed by atoms with Gasteiger partial charge in [0.2, 0.25) is 0 Å². The molecule has 0 aromatic rings. The predicted molar refractivity (Wildman–Crippen MR) is 89.1 cm³/mol. The summed E-state index contributed by atoms with van der Waals surface area (Å²) in [5.41, 5.74) is 4.90. The highest BCUT2D eigenvalue weighted by Crippen LogP contribution is 2.48. The number of fused-ring (bicyclic) bond motifs is 5. The third-order valence-corrected chi connectivity index (χ3v) is 6.80. The summed E-state index contributed by atoms with van der Waals surface area (Å²) in [5.74, 6) is 2.55. The van der Waals surface area contributed by atoms with Crippen molar-refractivity contribution in [3.63, 3.8) is 0 Å². The van der Waals surface area contributed by atoms with Crippen LogP contribution in [0.2, 0.25) is 0 Å². The third-order valence-electron chi connectivity index (χ3n) is 6.80. The topological polar surface area (TPSA) is 33.3 Å². The SMILES string of the molecule is CCCCCC1=CONC2CCC3C4CCCCC4NC3C12. The van der Waals surface area contributed by atoms with E-state index in [1.807, 2.05) is 6.26 Å². The zero-order valence-corrected chi connectivity index (χ0v) is 14.0. The van der Waals surface area contributed by atoms with Crippen LogP contribution in [-0.4, -0.2) is 18.1 Å². The molecule has 2 N–H and O–H groups in total. The van der Waals surface area contributed by atoms with Gasteiger partial charge in [-0.25, -0.2) is 0 Å². The summed E-state index contributed by atoms with van der Waals surface area (Å²) < 4.78 is 0. The number of nitrogens with one attached hydrogen (secondary N) is 2. The molecule has 4 rings (SSSR count). The van der Waals surface area contributed by atoms with Crippen LogP contribution < -0.4 is 10.8 Å². The first-order valence-corrected chi connectivity index (χ1v) is 9.74. The van der Waals surface area contributed by atoms with Crippen molar-refractivity contribution in [3.05, 3.63) is 11.8 Å². The van der Waals surface area contributed by atoms with Crippen molar-refractivity contribution in [2.45, 2.75) is 89.3 Å². The van der Waals surface area contributed by atoms with E-state index in [4.69, 9.17) is 4.84 Å². The van der Waals surface area contributed by atoms with Gasteiger partial charge in [-0.1, -0.05) is 32.6 Å². The normalized spacial score (nSPS) is 43.6. The Bertz CT molecular complexity index is 422. The van der Waals surface area contributed by atoms with Crippen LogP contribution in [0.3, 0.4) is 0 Å². The molecule has 0 bridgehead atoms. The first-order chi connectivity index (χ1) is 10.9. The number of unbranched alkanes of at least 4 members (excludes halogenated alkanes) is 2. The van der Waals surface area contributed by atoms with E-state index < -0.39 is 0 Å². The Morgan fingerprint density at radius 2 is 1.95 bits per heavy atom. The quantitative estimate of drug-likeness (QED) is 0.773. The van der Waals surface area contributed by atoms with Crippen molar-refractivity contribution in [2.75, 3.05) is 0 Å². The second kappa shape index (κ2) is 6.52. The van der Waals surface area contributed by atoms with Crippen LogP contribution in [-0.2, 0) is 4.84 Å². The average Bonchev–Trinajstić information content (AvgIpc) is 2.94. The Morgan fingerprint density at radius 3 is 2.86 bits per heavy atom. The maximum absolute atomic E-state index is 5.61. The summed E-state index contributed by atoms with van der Waals surface area (Å²) in [6, 6.07) is 2.05. The second-order valence-corrected chi connectivity index (χ2v) is 8.01. The van der Waals surface area contributed by atoms with Gasteiger partial charge in [-0.3, -0.25) is 0 Å². The minimum atomic E-state index is 0.538. The molecule has 0 radical (unpaired) electrons. The molecule has 2 aliphatic heterocycles. The van der Waals surface area contributed by atoms with Crippen LogP contribution in [0.5, 0.6) is 0 Å². The highest BCUT2D eigenvalue weighted by atomic mass is 16.6. The molecule has 2 heterocycles. The molecule has 4 aliphatic rings. The van der Waals surface area contributed by atoms with Crippen molar-refractivity contribution in [3.8, 4) is 0 Å². The molecule has 3 fully saturated rings. The van der Waals surface area contributed by atoms with E-state index >= 15 is 0 Å². The lowest BCUT2D eigenvalue weighted by Crippen LogP contribution is -2.54. The highest BCUT2D eigenvalue weighted by molar-refractivity contribution is 5.19. The average molecular weight is 304 g/mol. The fourth-order valence-corrected chi connectivity index (χ4v) is 5.78. The second-order valence-electron chi connectivity index (χ2n) is 8.01. The molecule has 2 aliphatic carbocycles. The van der Waals surface area contributed by atoms with Crippen molar-refractivity contribution in [1.82, 2.24) is 10.8 Å². The van der Waals surface area contributed by atoms with Gasteiger partial charge in [0.15, 0.2) is 0 Å². The maximum Gasteiger partial charge on any atom is 0.110 e. The minimum Gasteiger partial charge on any atom is -0.416 e. The molecule has 3 heteroatoms. The molecule has 0 aromatic carbocycles. The standard InChI is InChI=1S/C19H32N2O/c1-2-3-4-7-13-12-22-21-17-11-10-15-14-8-5-6-9-16(14)20-19(15)18(13)17/h12,14-21H,2-11H2,1H3.